The number of ether oxygens (including phenoxy) is 1. The number of esters is 1. The van der Waals surface area contributed by atoms with Gasteiger partial charge in [0.25, 0.3) is 0 Å². The second-order valence-electron chi connectivity index (χ2n) is 2.28. The molecule has 66 valence electrons. The first kappa shape index (κ1) is 9.22. The number of hydrogen-bond acceptors (Lipinski definition) is 4. The summed E-state index contributed by atoms with van der Waals surface area (Å²) in [7, 11) is 1.36. The molecule has 1 rings (SSSR count). The molecule has 0 fully saturated rings. The molecular formula is C8H10O3S. The van der Waals surface area contributed by atoms with Crippen LogP contribution in [0.1, 0.15) is 9.75 Å². The van der Waals surface area contributed by atoms with Crippen LogP contribution in [0.2, 0.25) is 0 Å². The molecule has 1 aromatic heterocycles. The molecule has 4 heteroatoms. The normalized spacial score (nSPS) is 9.83. The summed E-state index contributed by atoms with van der Waals surface area (Å²) in [6.45, 7) is 0.0336. The van der Waals surface area contributed by atoms with Crippen LogP contribution >= 0.6 is 11.3 Å². The lowest BCUT2D eigenvalue weighted by molar-refractivity contribution is -0.139. The number of aliphatic hydroxyl groups excluding tert-OH is 1. The lowest BCUT2D eigenvalue weighted by Gasteiger charge is -1.94. The Labute approximate surface area is 74.6 Å². The minimum atomic E-state index is -0.249. The van der Waals surface area contributed by atoms with Crippen LogP contribution in [-0.4, -0.2) is 18.2 Å². The molecule has 0 atom stereocenters. The van der Waals surface area contributed by atoms with Crippen molar-refractivity contribution in [1.29, 1.82) is 0 Å². The van der Waals surface area contributed by atoms with E-state index in [4.69, 9.17) is 5.11 Å². The molecule has 0 spiro atoms. The molecule has 0 saturated heterocycles. The zero-order chi connectivity index (χ0) is 8.97. The van der Waals surface area contributed by atoms with Gasteiger partial charge < -0.3 is 9.84 Å². The Morgan fingerprint density at radius 2 is 2.25 bits per heavy atom. The van der Waals surface area contributed by atoms with Crippen molar-refractivity contribution in [2.45, 2.75) is 13.0 Å². The first-order valence-electron chi connectivity index (χ1n) is 3.51. The molecule has 0 saturated carbocycles. The minimum Gasteiger partial charge on any atom is -0.469 e. The topological polar surface area (TPSA) is 46.5 Å². The highest BCUT2D eigenvalue weighted by Crippen LogP contribution is 2.16. The Kier molecular flexibility index (Phi) is 3.25. The molecule has 0 aliphatic carbocycles. The van der Waals surface area contributed by atoms with Gasteiger partial charge in [-0.2, -0.15) is 0 Å². The lowest BCUT2D eigenvalue weighted by atomic mass is 10.3. The summed E-state index contributed by atoms with van der Waals surface area (Å²) < 4.78 is 4.50. The maximum absolute atomic E-state index is 10.8. The number of rotatable bonds is 3. The number of carbonyl (C=O) groups is 1. The van der Waals surface area contributed by atoms with Crippen molar-refractivity contribution in [3.8, 4) is 0 Å². The van der Waals surface area contributed by atoms with Crippen molar-refractivity contribution in [3.05, 3.63) is 21.9 Å². The van der Waals surface area contributed by atoms with E-state index in [9.17, 15) is 4.79 Å². The third-order valence-corrected chi connectivity index (χ3v) is 2.49. The van der Waals surface area contributed by atoms with Gasteiger partial charge in [0.2, 0.25) is 0 Å². The summed E-state index contributed by atoms with van der Waals surface area (Å²) in [4.78, 5) is 12.6. The quantitative estimate of drug-likeness (QED) is 0.715. The molecule has 3 nitrogen and oxygen atoms in total. The largest absolute Gasteiger partial charge is 0.469 e. The first-order chi connectivity index (χ1) is 5.76. The predicted octanol–water partition coefficient (Wildman–Crippen LogP) is 0.956. The van der Waals surface area contributed by atoms with Crippen molar-refractivity contribution in [2.24, 2.45) is 0 Å². The van der Waals surface area contributed by atoms with E-state index in [2.05, 4.69) is 4.74 Å². The summed E-state index contributed by atoms with van der Waals surface area (Å²) >= 11 is 1.43. The van der Waals surface area contributed by atoms with Gasteiger partial charge in [-0.15, -0.1) is 11.3 Å². The summed E-state index contributed by atoms with van der Waals surface area (Å²) in [6, 6.07) is 3.64. The van der Waals surface area contributed by atoms with Crippen LogP contribution in [0.4, 0.5) is 0 Å². The Hall–Kier alpha value is -0.870. The van der Waals surface area contributed by atoms with E-state index < -0.39 is 0 Å². The molecule has 0 bridgehead atoms. The van der Waals surface area contributed by atoms with Crippen LogP contribution < -0.4 is 0 Å². The van der Waals surface area contributed by atoms with Gasteiger partial charge in [0.1, 0.15) is 0 Å². The standard InChI is InChI=1S/C8H10O3S/c1-11-8(10)4-6-2-3-7(5-9)12-6/h2-3,9H,4-5H2,1H3. The number of aliphatic hydroxyl groups is 1. The number of carbonyl (C=O) groups excluding carboxylic acids is 1. The molecule has 1 aromatic rings. The fourth-order valence-electron chi connectivity index (χ4n) is 0.817. The van der Waals surface area contributed by atoms with E-state index in [1.54, 1.807) is 0 Å². The van der Waals surface area contributed by atoms with Gasteiger partial charge in [0.15, 0.2) is 0 Å². The van der Waals surface area contributed by atoms with Crippen LogP contribution in [0.15, 0.2) is 12.1 Å². The van der Waals surface area contributed by atoms with Gasteiger partial charge in [-0.3, -0.25) is 4.79 Å². The van der Waals surface area contributed by atoms with Crippen molar-refractivity contribution in [3.63, 3.8) is 0 Å². The van der Waals surface area contributed by atoms with E-state index in [-0.39, 0.29) is 12.6 Å². The molecule has 1 heterocycles. The average molecular weight is 186 g/mol. The van der Waals surface area contributed by atoms with E-state index >= 15 is 0 Å². The first-order valence-corrected chi connectivity index (χ1v) is 4.33. The fourth-order valence-corrected chi connectivity index (χ4v) is 1.68. The van der Waals surface area contributed by atoms with Gasteiger partial charge >= 0.3 is 5.97 Å². The Bertz CT molecular complexity index is 267. The zero-order valence-corrected chi connectivity index (χ0v) is 7.56. The molecule has 12 heavy (non-hydrogen) atoms. The Balaban J connectivity index is 2.58. The number of methoxy groups -OCH3 is 1. The Morgan fingerprint density at radius 1 is 1.58 bits per heavy atom. The van der Waals surface area contributed by atoms with Crippen molar-refractivity contribution in [2.75, 3.05) is 7.11 Å². The van der Waals surface area contributed by atoms with Crippen LogP contribution in [0.25, 0.3) is 0 Å². The maximum Gasteiger partial charge on any atom is 0.310 e. The summed E-state index contributed by atoms with van der Waals surface area (Å²) in [5, 5.41) is 8.74. The van der Waals surface area contributed by atoms with Gasteiger partial charge in [-0.1, -0.05) is 0 Å². The third kappa shape index (κ3) is 2.32. The van der Waals surface area contributed by atoms with Gasteiger partial charge in [-0.25, -0.2) is 0 Å². The molecular weight excluding hydrogens is 176 g/mol. The Morgan fingerprint density at radius 3 is 2.75 bits per heavy atom. The highest BCUT2D eigenvalue weighted by atomic mass is 32.1. The van der Waals surface area contributed by atoms with Crippen molar-refractivity contribution in [1.82, 2.24) is 0 Å². The third-order valence-electron chi connectivity index (χ3n) is 1.42. The highest BCUT2D eigenvalue weighted by molar-refractivity contribution is 7.12. The average Bonchev–Trinajstić information content (AvgIpc) is 2.52. The summed E-state index contributed by atoms with van der Waals surface area (Å²) in [5.41, 5.74) is 0. The second kappa shape index (κ2) is 4.23. The molecule has 0 aromatic carbocycles. The molecule has 0 aliphatic rings. The van der Waals surface area contributed by atoms with Crippen molar-refractivity contribution >= 4 is 17.3 Å². The fraction of sp³-hybridized carbons (Fsp3) is 0.375. The summed E-state index contributed by atoms with van der Waals surface area (Å²) in [5.74, 6) is -0.249. The molecule has 0 radical (unpaired) electrons. The van der Waals surface area contributed by atoms with E-state index in [1.165, 1.54) is 18.4 Å². The zero-order valence-electron chi connectivity index (χ0n) is 6.74. The minimum absolute atomic E-state index is 0.0336. The predicted molar refractivity (Wildman–Crippen MR) is 46.0 cm³/mol. The summed E-state index contributed by atoms with van der Waals surface area (Å²) in [6.07, 6.45) is 0.293. The van der Waals surface area contributed by atoms with E-state index in [1.807, 2.05) is 12.1 Å². The van der Waals surface area contributed by atoms with Crippen LogP contribution in [0.3, 0.4) is 0 Å². The van der Waals surface area contributed by atoms with Crippen LogP contribution in [-0.2, 0) is 22.6 Å². The SMILES string of the molecule is COC(=O)Cc1ccc(CO)s1. The molecule has 0 unspecified atom stereocenters. The smallest absolute Gasteiger partial charge is 0.310 e. The van der Waals surface area contributed by atoms with E-state index in [0.717, 1.165) is 9.75 Å². The monoisotopic (exact) mass is 186 g/mol. The van der Waals surface area contributed by atoms with Crippen LogP contribution in [0.5, 0.6) is 0 Å². The molecule has 1 N–H and O–H groups in total. The highest BCUT2D eigenvalue weighted by Gasteiger charge is 2.04. The number of hydrogen-bond donors (Lipinski definition) is 1. The van der Waals surface area contributed by atoms with Crippen LogP contribution in [0, 0.1) is 0 Å². The number of thiophene rings is 1. The van der Waals surface area contributed by atoms with Gasteiger partial charge in [-0.05, 0) is 12.1 Å². The molecule has 0 aliphatic heterocycles. The maximum atomic E-state index is 10.8. The van der Waals surface area contributed by atoms with Crippen molar-refractivity contribution < 1.29 is 14.6 Å². The van der Waals surface area contributed by atoms with E-state index in [0.29, 0.717) is 6.42 Å². The lowest BCUT2D eigenvalue weighted by Crippen LogP contribution is -2.02. The van der Waals surface area contributed by atoms with Gasteiger partial charge in [0.05, 0.1) is 20.1 Å². The van der Waals surface area contributed by atoms with Gasteiger partial charge in [0, 0.05) is 9.75 Å². The second-order valence-corrected chi connectivity index (χ2v) is 3.53. The molecule has 0 amide bonds.